The summed E-state index contributed by atoms with van der Waals surface area (Å²) in [5, 5.41) is 0. The number of carbonyl (C=O) groups is 1. The molecule has 1 aliphatic rings. The molecule has 3 heterocycles. The van der Waals surface area contributed by atoms with Gasteiger partial charge >= 0.3 is 11.6 Å². The van der Waals surface area contributed by atoms with E-state index in [0.717, 1.165) is 5.56 Å². The number of ether oxygens (including phenoxy) is 2. The van der Waals surface area contributed by atoms with Crippen molar-refractivity contribution in [3.63, 3.8) is 0 Å². The van der Waals surface area contributed by atoms with Gasteiger partial charge in [-0.1, -0.05) is 18.2 Å². The average molecular weight is 366 g/mol. The molecule has 0 saturated carbocycles. The van der Waals surface area contributed by atoms with Crippen LogP contribution in [0.1, 0.15) is 35.1 Å². The molecule has 0 bridgehead atoms. The molecule has 138 valence electrons. The highest BCUT2D eigenvalue weighted by molar-refractivity contribution is 5.70. The van der Waals surface area contributed by atoms with Crippen molar-refractivity contribution < 1.29 is 23.1 Å². The number of fused-ring (bicyclic) bond motifs is 1. The first-order valence-electron chi connectivity index (χ1n) is 8.56. The second kappa shape index (κ2) is 6.16. The van der Waals surface area contributed by atoms with Crippen LogP contribution in [0.5, 0.6) is 11.5 Å². The summed E-state index contributed by atoms with van der Waals surface area (Å²) in [6, 6.07) is 11.1. The Morgan fingerprint density at radius 3 is 2.56 bits per heavy atom. The topological polar surface area (TPSA) is 78.9 Å². The second-order valence-corrected chi connectivity index (χ2v) is 6.58. The predicted molar refractivity (Wildman–Crippen MR) is 96.0 cm³/mol. The zero-order chi connectivity index (χ0) is 19.2. The van der Waals surface area contributed by atoms with E-state index in [0.29, 0.717) is 23.5 Å². The minimum atomic E-state index is -1.15. The van der Waals surface area contributed by atoms with Gasteiger partial charge in [0, 0.05) is 18.9 Å². The van der Waals surface area contributed by atoms with Crippen LogP contribution in [0.2, 0.25) is 0 Å². The Morgan fingerprint density at radius 1 is 1.11 bits per heavy atom. The highest BCUT2D eigenvalue weighted by atomic mass is 16.5. The number of esters is 1. The Bertz CT molecular complexity index is 1050. The van der Waals surface area contributed by atoms with Crippen LogP contribution in [0.3, 0.4) is 0 Å². The molecule has 6 heteroatoms. The van der Waals surface area contributed by atoms with Crippen molar-refractivity contribution in [1.82, 2.24) is 0 Å². The Labute approximate surface area is 155 Å². The standard InChI is InChI=1S/C21H18O6/c1-12-18(25-14(3)22)13(2)20(23)26-19(12)21(17-9-6-10-24-17)11-15-7-4-5-8-16(15)27-21/h4-10H,11H2,1-3H3. The quantitative estimate of drug-likeness (QED) is 0.658. The molecule has 0 amide bonds. The van der Waals surface area contributed by atoms with E-state index in [2.05, 4.69) is 0 Å². The van der Waals surface area contributed by atoms with Gasteiger partial charge in [-0.15, -0.1) is 0 Å². The van der Waals surface area contributed by atoms with Crippen LogP contribution >= 0.6 is 0 Å². The van der Waals surface area contributed by atoms with E-state index < -0.39 is 17.2 Å². The van der Waals surface area contributed by atoms with Crippen molar-refractivity contribution >= 4 is 5.97 Å². The number of benzene rings is 1. The number of rotatable bonds is 3. The van der Waals surface area contributed by atoms with Crippen LogP contribution in [0.25, 0.3) is 0 Å². The average Bonchev–Trinajstić information content (AvgIpc) is 3.29. The summed E-state index contributed by atoms with van der Waals surface area (Å²) in [5.74, 6) is 1.13. The van der Waals surface area contributed by atoms with Crippen LogP contribution < -0.4 is 15.1 Å². The smallest absolute Gasteiger partial charge is 0.342 e. The predicted octanol–water partition coefficient (Wildman–Crippen LogP) is 3.65. The van der Waals surface area contributed by atoms with Gasteiger partial charge in [-0.3, -0.25) is 4.79 Å². The lowest BCUT2D eigenvalue weighted by atomic mass is 9.88. The fourth-order valence-electron chi connectivity index (χ4n) is 3.53. The minimum absolute atomic E-state index is 0.194. The Kier molecular flexibility index (Phi) is 3.91. The molecular formula is C21H18O6. The summed E-state index contributed by atoms with van der Waals surface area (Å²) in [6.07, 6.45) is 1.96. The molecule has 1 aromatic carbocycles. The molecule has 2 aromatic heterocycles. The van der Waals surface area contributed by atoms with Gasteiger partial charge in [0.2, 0.25) is 5.60 Å². The monoisotopic (exact) mass is 366 g/mol. The van der Waals surface area contributed by atoms with Crippen molar-refractivity contribution in [2.45, 2.75) is 32.8 Å². The van der Waals surface area contributed by atoms with Gasteiger partial charge in [0.1, 0.15) is 11.5 Å². The maximum atomic E-state index is 12.5. The fourth-order valence-corrected chi connectivity index (χ4v) is 3.53. The van der Waals surface area contributed by atoms with Crippen molar-refractivity contribution in [3.8, 4) is 11.5 Å². The molecule has 0 fully saturated rings. The molecule has 0 spiro atoms. The van der Waals surface area contributed by atoms with Gasteiger partial charge < -0.3 is 18.3 Å². The van der Waals surface area contributed by atoms with E-state index in [1.54, 1.807) is 26.0 Å². The number of carbonyl (C=O) groups excluding carboxylic acids is 1. The summed E-state index contributed by atoms with van der Waals surface area (Å²) < 4.78 is 22.9. The third kappa shape index (κ3) is 2.65. The highest BCUT2D eigenvalue weighted by Crippen LogP contribution is 2.47. The number of hydrogen-bond acceptors (Lipinski definition) is 6. The Balaban J connectivity index is 1.98. The summed E-state index contributed by atoms with van der Waals surface area (Å²) in [6.45, 7) is 4.59. The molecule has 0 aliphatic carbocycles. The molecule has 6 nitrogen and oxygen atoms in total. The zero-order valence-electron chi connectivity index (χ0n) is 15.2. The first kappa shape index (κ1) is 17.1. The maximum Gasteiger partial charge on any atom is 0.342 e. The minimum Gasteiger partial charge on any atom is -0.471 e. The summed E-state index contributed by atoms with van der Waals surface area (Å²) >= 11 is 0. The lowest BCUT2D eigenvalue weighted by molar-refractivity contribution is -0.132. The van der Waals surface area contributed by atoms with Crippen molar-refractivity contribution in [2.24, 2.45) is 0 Å². The number of hydrogen-bond donors (Lipinski definition) is 0. The van der Waals surface area contributed by atoms with E-state index in [-0.39, 0.29) is 17.1 Å². The SMILES string of the molecule is CC(=O)Oc1c(C)c(C2(c3ccco3)Cc3ccccc3O2)oc(=O)c1C. The molecule has 0 N–H and O–H groups in total. The largest absolute Gasteiger partial charge is 0.471 e. The van der Waals surface area contributed by atoms with Crippen LogP contribution in [0, 0.1) is 13.8 Å². The van der Waals surface area contributed by atoms with Crippen LogP contribution in [0.15, 0.2) is 56.3 Å². The van der Waals surface area contributed by atoms with Gasteiger partial charge in [-0.25, -0.2) is 4.79 Å². The first-order chi connectivity index (χ1) is 12.9. The van der Waals surface area contributed by atoms with Crippen LogP contribution in [-0.2, 0) is 16.8 Å². The van der Waals surface area contributed by atoms with E-state index in [9.17, 15) is 9.59 Å². The molecule has 27 heavy (non-hydrogen) atoms. The van der Waals surface area contributed by atoms with Crippen LogP contribution in [-0.4, -0.2) is 5.97 Å². The van der Waals surface area contributed by atoms with E-state index >= 15 is 0 Å². The highest BCUT2D eigenvalue weighted by Gasteiger charge is 2.49. The fraction of sp³-hybridized carbons (Fsp3) is 0.238. The van der Waals surface area contributed by atoms with Crippen molar-refractivity contribution in [3.05, 3.63) is 81.3 Å². The lowest BCUT2D eigenvalue weighted by Gasteiger charge is -2.27. The second-order valence-electron chi connectivity index (χ2n) is 6.58. The summed E-state index contributed by atoms with van der Waals surface area (Å²) in [5.41, 5.74) is -0.0232. The van der Waals surface area contributed by atoms with Gasteiger partial charge in [0.25, 0.3) is 0 Å². The summed E-state index contributed by atoms with van der Waals surface area (Å²) in [7, 11) is 0. The van der Waals surface area contributed by atoms with Gasteiger partial charge in [0.15, 0.2) is 11.5 Å². The van der Waals surface area contributed by atoms with Crippen molar-refractivity contribution in [1.29, 1.82) is 0 Å². The summed E-state index contributed by atoms with van der Waals surface area (Å²) in [4.78, 5) is 24.0. The maximum absolute atomic E-state index is 12.5. The first-order valence-corrected chi connectivity index (χ1v) is 8.56. The van der Waals surface area contributed by atoms with E-state index in [4.69, 9.17) is 18.3 Å². The lowest BCUT2D eigenvalue weighted by Crippen LogP contribution is -2.35. The third-order valence-electron chi connectivity index (χ3n) is 4.75. The van der Waals surface area contributed by atoms with Gasteiger partial charge in [-0.2, -0.15) is 0 Å². The molecule has 0 saturated heterocycles. The zero-order valence-corrected chi connectivity index (χ0v) is 15.2. The number of furan rings is 1. The Hall–Kier alpha value is -3.28. The van der Waals surface area contributed by atoms with Crippen LogP contribution in [0.4, 0.5) is 0 Å². The molecule has 1 aliphatic heterocycles. The molecule has 1 unspecified atom stereocenters. The molecule has 1 atom stereocenters. The third-order valence-corrected chi connectivity index (χ3v) is 4.75. The molecule has 3 aromatic rings. The molecule has 4 rings (SSSR count). The van der Waals surface area contributed by atoms with E-state index in [1.807, 2.05) is 24.3 Å². The number of para-hydroxylation sites is 1. The molecular weight excluding hydrogens is 348 g/mol. The van der Waals surface area contributed by atoms with Gasteiger partial charge in [0.05, 0.1) is 11.8 Å². The van der Waals surface area contributed by atoms with E-state index in [1.165, 1.54) is 13.2 Å². The Morgan fingerprint density at radius 2 is 1.89 bits per heavy atom. The molecule has 0 radical (unpaired) electrons. The normalized spacial score (nSPS) is 18.0. The van der Waals surface area contributed by atoms with Crippen molar-refractivity contribution in [2.75, 3.05) is 0 Å². The van der Waals surface area contributed by atoms with Gasteiger partial charge in [-0.05, 0) is 37.6 Å².